The number of rotatable bonds is 5. The first-order valence-corrected chi connectivity index (χ1v) is 10.6. The summed E-state index contributed by atoms with van der Waals surface area (Å²) in [6, 6.07) is 1.94. The zero-order chi connectivity index (χ0) is 23.0. The number of hydrogen-bond acceptors (Lipinski definition) is 5. The van der Waals surface area contributed by atoms with Gasteiger partial charge in [-0.3, -0.25) is 9.48 Å². The highest BCUT2D eigenvalue weighted by Crippen LogP contribution is 2.54. The molecule has 0 aromatic carbocycles. The van der Waals surface area contributed by atoms with Crippen LogP contribution in [0, 0.1) is 5.41 Å². The molecule has 1 amide bonds. The minimum atomic E-state index is -0.487. The van der Waals surface area contributed by atoms with Crippen molar-refractivity contribution in [2.45, 2.75) is 52.7 Å². The first-order chi connectivity index (χ1) is 14.7. The summed E-state index contributed by atoms with van der Waals surface area (Å²) in [5.41, 5.74) is 1.67. The molecular weight excluding hydrogens is 392 g/mol. The lowest BCUT2D eigenvalue weighted by Crippen LogP contribution is -2.70. The molecule has 0 radical (unpaired) electrons. The van der Waals surface area contributed by atoms with Crippen molar-refractivity contribution >= 4 is 11.4 Å². The van der Waals surface area contributed by atoms with Gasteiger partial charge in [0.1, 0.15) is 11.1 Å². The second-order valence-electron chi connectivity index (χ2n) is 8.42. The Morgan fingerprint density at radius 3 is 2.58 bits per heavy atom. The van der Waals surface area contributed by atoms with E-state index in [0.717, 1.165) is 16.8 Å². The van der Waals surface area contributed by atoms with E-state index in [1.54, 1.807) is 26.5 Å². The van der Waals surface area contributed by atoms with Crippen molar-refractivity contribution in [2.24, 2.45) is 12.5 Å². The zero-order valence-electron chi connectivity index (χ0n) is 19.5. The second-order valence-corrected chi connectivity index (χ2v) is 8.42. The van der Waals surface area contributed by atoms with Gasteiger partial charge in [0.15, 0.2) is 0 Å². The summed E-state index contributed by atoms with van der Waals surface area (Å²) in [5.74, 6) is 0.440. The molecule has 0 spiro atoms. The molecule has 3 aromatic heterocycles. The van der Waals surface area contributed by atoms with Gasteiger partial charge < -0.3 is 9.64 Å². The molecule has 31 heavy (non-hydrogen) atoms. The highest BCUT2D eigenvalue weighted by molar-refractivity contribution is 5.87. The Balaban J connectivity index is 0.00000132. The van der Waals surface area contributed by atoms with Gasteiger partial charge in [0.2, 0.25) is 11.8 Å². The highest BCUT2D eigenvalue weighted by atomic mass is 16.5. The molecule has 0 aliphatic heterocycles. The van der Waals surface area contributed by atoms with Gasteiger partial charge in [0.05, 0.1) is 24.3 Å². The zero-order valence-corrected chi connectivity index (χ0v) is 19.5. The molecule has 1 aliphatic rings. The molecule has 0 unspecified atom stereocenters. The number of aryl methyl sites for hydroxylation is 1. The number of carbonyl (C=O) groups is 1. The van der Waals surface area contributed by atoms with Gasteiger partial charge in [-0.2, -0.15) is 10.2 Å². The van der Waals surface area contributed by atoms with E-state index in [-0.39, 0.29) is 17.4 Å². The van der Waals surface area contributed by atoms with Crippen LogP contribution >= 0.6 is 0 Å². The van der Waals surface area contributed by atoms with Crippen LogP contribution in [0.4, 0.5) is 0 Å². The van der Waals surface area contributed by atoms with Crippen LogP contribution in [0.15, 0.2) is 43.5 Å². The Bertz CT molecular complexity index is 1100. The number of carbonyl (C=O) groups excluding carboxylic acids is 1. The van der Waals surface area contributed by atoms with Crippen LogP contribution in [0.25, 0.3) is 16.8 Å². The van der Waals surface area contributed by atoms with Crippen LogP contribution in [0.1, 0.15) is 41.0 Å². The quantitative estimate of drug-likeness (QED) is 0.583. The van der Waals surface area contributed by atoms with Crippen molar-refractivity contribution in [2.75, 3.05) is 7.05 Å². The maximum Gasteiger partial charge on any atom is 0.245 e. The molecule has 1 fully saturated rings. The lowest BCUT2D eigenvalue weighted by atomic mass is 9.55. The summed E-state index contributed by atoms with van der Waals surface area (Å²) in [4.78, 5) is 18.6. The average Bonchev–Trinajstić information content (AvgIpc) is 3.41. The van der Waals surface area contributed by atoms with E-state index in [1.807, 2.05) is 46.4 Å². The maximum absolute atomic E-state index is 12.1. The summed E-state index contributed by atoms with van der Waals surface area (Å²) in [7, 11) is 3.68. The van der Waals surface area contributed by atoms with E-state index in [1.165, 1.54) is 6.08 Å². The summed E-state index contributed by atoms with van der Waals surface area (Å²) in [6.45, 7) is 13.9. The van der Waals surface area contributed by atoms with Crippen molar-refractivity contribution in [1.29, 1.82) is 0 Å². The molecule has 4 rings (SSSR count). The molecule has 3 aromatic rings. The molecule has 2 atom stereocenters. The van der Waals surface area contributed by atoms with Crippen LogP contribution in [0.5, 0.6) is 5.88 Å². The maximum atomic E-state index is 12.1. The minimum Gasteiger partial charge on any atom is -0.469 e. The van der Waals surface area contributed by atoms with E-state index in [0.29, 0.717) is 12.3 Å². The number of aromatic nitrogens is 5. The first-order valence-electron chi connectivity index (χ1n) is 10.6. The largest absolute Gasteiger partial charge is 0.469 e. The molecule has 8 heteroatoms. The number of likely N-dealkylation sites (N-methyl/N-ethyl adjacent to an activating group) is 1. The summed E-state index contributed by atoms with van der Waals surface area (Å²) < 4.78 is 10.0. The SMILES string of the molecule is C=CC(=O)N(C)[C@H]1C[C@@](C)(Oc2nc(-c3cnn(C)c3)cn3nccc23)C1(C)C.CC. The predicted octanol–water partition coefficient (Wildman–Crippen LogP) is 3.74. The molecule has 8 nitrogen and oxygen atoms in total. The summed E-state index contributed by atoms with van der Waals surface area (Å²) in [6.07, 6.45) is 9.32. The van der Waals surface area contributed by atoms with Gasteiger partial charge in [-0.25, -0.2) is 9.50 Å². The summed E-state index contributed by atoms with van der Waals surface area (Å²) >= 11 is 0. The molecule has 3 heterocycles. The highest BCUT2D eigenvalue weighted by Gasteiger charge is 2.61. The van der Waals surface area contributed by atoms with Gasteiger partial charge in [-0.15, -0.1) is 0 Å². The van der Waals surface area contributed by atoms with Gasteiger partial charge >= 0.3 is 0 Å². The van der Waals surface area contributed by atoms with Crippen LogP contribution in [-0.2, 0) is 11.8 Å². The van der Waals surface area contributed by atoms with E-state index in [2.05, 4.69) is 37.5 Å². The third-order valence-electron chi connectivity index (χ3n) is 6.45. The van der Waals surface area contributed by atoms with Crippen LogP contribution in [0.3, 0.4) is 0 Å². The van der Waals surface area contributed by atoms with Gasteiger partial charge in [0.25, 0.3) is 0 Å². The smallest absolute Gasteiger partial charge is 0.245 e. The fraction of sp³-hybridized carbons (Fsp3) is 0.478. The van der Waals surface area contributed by atoms with E-state index in [4.69, 9.17) is 9.72 Å². The molecule has 1 saturated carbocycles. The topological polar surface area (TPSA) is 77.6 Å². The lowest BCUT2D eigenvalue weighted by Gasteiger charge is -2.61. The Hall–Kier alpha value is -3.16. The summed E-state index contributed by atoms with van der Waals surface area (Å²) in [5, 5.41) is 8.60. The van der Waals surface area contributed by atoms with Crippen molar-refractivity contribution in [3.05, 3.63) is 43.5 Å². The minimum absolute atomic E-state index is 0.0560. The molecular formula is C23H32N6O2. The average molecular weight is 425 g/mol. The third kappa shape index (κ3) is 3.71. The van der Waals surface area contributed by atoms with Crippen molar-refractivity contribution in [3.8, 4) is 17.1 Å². The second kappa shape index (κ2) is 8.17. The van der Waals surface area contributed by atoms with Crippen molar-refractivity contribution < 1.29 is 9.53 Å². The molecule has 166 valence electrons. The Morgan fingerprint density at radius 2 is 2.00 bits per heavy atom. The van der Waals surface area contributed by atoms with E-state index >= 15 is 0 Å². The lowest BCUT2D eigenvalue weighted by molar-refractivity contribution is -0.178. The monoisotopic (exact) mass is 424 g/mol. The van der Waals surface area contributed by atoms with Gasteiger partial charge in [-0.05, 0) is 19.1 Å². The Morgan fingerprint density at radius 1 is 1.29 bits per heavy atom. The Kier molecular flexibility index (Phi) is 5.93. The molecule has 0 saturated heterocycles. The number of amides is 1. The number of ether oxygens (including phenoxy) is 1. The molecule has 0 bridgehead atoms. The van der Waals surface area contributed by atoms with Gasteiger partial charge in [-0.1, -0.05) is 34.3 Å². The van der Waals surface area contributed by atoms with Gasteiger partial charge in [0, 0.05) is 43.7 Å². The van der Waals surface area contributed by atoms with Crippen molar-refractivity contribution in [1.82, 2.24) is 29.3 Å². The number of fused-ring (bicyclic) bond motifs is 1. The Labute approximate surface area is 183 Å². The van der Waals surface area contributed by atoms with E-state index in [9.17, 15) is 4.79 Å². The fourth-order valence-corrected chi connectivity index (χ4v) is 4.08. The number of nitrogens with zero attached hydrogens (tertiary/aromatic N) is 6. The van der Waals surface area contributed by atoms with E-state index < -0.39 is 5.60 Å². The van der Waals surface area contributed by atoms with Crippen LogP contribution < -0.4 is 4.74 Å². The van der Waals surface area contributed by atoms with Crippen LogP contribution in [0.2, 0.25) is 0 Å². The fourth-order valence-electron chi connectivity index (χ4n) is 4.08. The standard InChI is InChI=1S/C21H26N6O2.C2H6/c1-7-18(28)26(6)17-10-21(4,20(17,2)3)29-19-16-8-9-22-27(16)13-15(24-19)14-11-23-25(5)12-14;1-2/h7-9,11-13,17H,1,10H2,2-6H3;1-2H3/t17-,21+;/m0./s1. The number of hydrogen-bond donors (Lipinski definition) is 0. The molecule has 1 aliphatic carbocycles. The predicted molar refractivity (Wildman–Crippen MR) is 121 cm³/mol. The van der Waals surface area contributed by atoms with Crippen LogP contribution in [-0.4, -0.2) is 53.9 Å². The third-order valence-corrected chi connectivity index (χ3v) is 6.45. The molecule has 0 N–H and O–H groups in total. The van der Waals surface area contributed by atoms with Crippen molar-refractivity contribution in [3.63, 3.8) is 0 Å². The normalized spacial score (nSPS) is 21.6. The first kappa shape index (κ1) is 22.5.